The molecular formula is C16H25N3S2. The number of aromatic nitrogens is 2. The molecule has 116 valence electrons. The fraction of sp³-hybridized carbons (Fsp3) is 0.688. The standard InChI is InChI=1S/C16H25N3S2/c1-12(2)9-17-10-14-15(18-16-19(14)7-8-20-16)21-11-13-5-3-4-6-13/h7-8,12-13,17H,3-6,9-11H2,1-2H3. The van der Waals surface area contributed by atoms with Crippen LogP contribution in [0.1, 0.15) is 45.2 Å². The molecule has 1 N–H and O–H groups in total. The van der Waals surface area contributed by atoms with Crippen molar-refractivity contribution in [2.75, 3.05) is 12.3 Å². The second kappa shape index (κ2) is 7.16. The molecule has 0 spiro atoms. The van der Waals surface area contributed by atoms with Gasteiger partial charge in [0, 0.05) is 23.9 Å². The van der Waals surface area contributed by atoms with E-state index in [9.17, 15) is 0 Å². The minimum absolute atomic E-state index is 0.686. The van der Waals surface area contributed by atoms with E-state index in [2.05, 4.69) is 35.1 Å². The van der Waals surface area contributed by atoms with Crippen LogP contribution >= 0.6 is 23.1 Å². The minimum atomic E-state index is 0.686. The Morgan fingerprint density at radius 2 is 2.24 bits per heavy atom. The number of rotatable bonds is 7. The van der Waals surface area contributed by atoms with Crippen LogP contribution in [0.25, 0.3) is 4.96 Å². The number of hydrogen-bond acceptors (Lipinski definition) is 4. The second-order valence-electron chi connectivity index (χ2n) is 6.41. The number of thiazole rings is 1. The van der Waals surface area contributed by atoms with Gasteiger partial charge in [-0.25, -0.2) is 4.98 Å². The van der Waals surface area contributed by atoms with E-state index >= 15 is 0 Å². The third kappa shape index (κ3) is 3.82. The van der Waals surface area contributed by atoms with Crippen LogP contribution in [0.2, 0.25) is 0 Å². The molecule has 0 unspecified atom stereocenters. The molecule has 1 saturated carbocycles. The minimum Gasteiger partial charge on any atom is -0.311 e. The summed E-state index contributed by atoms with van der Waals surface area (Å²) in [6, 6.07) is 0. The van der Waals surface area contributed by atoms with Gasteiger partial charge in [-0.1, -0.05) is 26.7 Å². The third-order valence-corrected chi connectivity index (χ3v) is 6.09. The molecule has 2 heterocycles. The first kappa shape index (κ1) is 15.4. The van der Waals surface area contributed by atoms with Gasteiger partial charge in [-0.3, -0.25) is 4.40 Å². The summed E-state index contributed by atoms with van der Waals surface area (Å²) in [5, 5.41) is 6.93. The van der Waals surface area contributed by atoms with Gasteiger partial charge in [-0.2, -0.15) is 0 Å². The van der Waals surface area contributed by atoms with Crippen molar-refractivity contribution in [2.45, 2.75) is 51.1 Å². The number of nitrogens with one attached hydrogen (secondary N) is 1. The molecule has 0 amide bonds. The van der Waals surface area contributed by atoms with Gasteiger partial charge in [0.15, 0.2) is 4.96 Å². The maximum Gasteiger partial charge on any atom is 0.194 e. The van der Waals surface area contributed by atoms with Crippen molar-refractivity contribution in [1.82, 2.24) is 14.7 Å². The largest absolute Gasteiger partial charge is 0.311 e. The van der Waals surface area contributed by atoms with Crippen molar-refractivity contribution >= 4 is 28.1 Å². The molecule has 0 aromatic carbocycles. The van der Waals surface area contributed by atoms with E-state index in [1.54, 1.807) is 11.3 Å². The molecule has 3 rings (SSSR count). The molecule has 0 atom stereocenters. The third-order valence-electron chi connectivity index (χ3n) is 4.10. The quantitative estimate of drug-likeness (QED) is 0.765. The highest BCUT2D eigenvalue weighted by Gasteiger charge is 2.18. The van der Waals surface area contributed by atoms with Gasteiger partial charge in [-0.15, -0.1) is 23.1 Å². The summed E-state index contributed by atoms with van der Waals surface area (Å²) in [6.07, 6.45) is 7.82. The Morgan fingerprint density at radius 1 is 1.43 bits per heavy atom. The average Bonchev–Trinajstić information content (AvgIpc) is 3.13. The fourth-order valence-electron chi connectivity index (χ4n) is 2.94. The Balaban J connectivity index is 1.68. The zero-order valence-corrected chi connectivity index (χ0v) is 14.6. The zero-order valence-electron chi connectivity index (χ0n) is 13.0. The molecule has 0 bridgehead atoms. The maximum atomic E-state index is 4.84. The molecule has 2 aromatic heterocycles. The molecular weight excluding hydrogens is 298 g/mol. The highest BCUT2D eigenvalue weighted by Crippen LogP contribution is 2.33. The van der Waals surface area contributed by atoms with Gasteiger partial charge in [0.2, 0.25) is 0 Å². The molecule has 21 heavy (non-hydrogen) atoms. The van der Waals surface area contributed by atoms with Crippen LogP contribution < -0.4 is 5.32 Å². The van der Waals surface area contributed by atoms with Crippen molar-refractivity contribution in [3.63, 3.8) is 0 Å². The van der Waals surface area contributed by atoms with Crippen LogP contribution in [0.5, 0.6) is 0 Å². The van der Waals surface area contributed by atoms with Gasteiger partial charge < -0.3 is 5.32 Å². The number of fused-ring (bicyclic) bond motifs is 1. The molecule has 0 aliphatic heterocycles. The Hall–Kier alpha value is -0.520. The fourth-order valence-corrected chi connectivity index (χ4v) is 4.95. The first-order valence-electron chi connectivity index (χ1n) is 8.02. The molecule has 3 nitrogen and oxygen atoms in total. The maximum absolute atomic E-state index is 4.84. The van der Waals surface area contributed by atoms with Gasteiger partial charge in [0.25, 0.3) is 0 Å². The lowest BCUT2D eigenvalue weighted by atomic mass is 10.1. The highest BCUT2D eigenvalue weighted by atomic mass is 32.2. The summed E-state index contributed by atoms with van der Waals surface area (Å²) in [7, 11) is 0. The van der Waals surface area contributed by atoms with Crippen LogP contribution in [0.4, 0.5) is 0 Å². The van der Waals surface area contributed by atoms with E-state index in [1.807, 2.05) is 11.8 Å². The summed E-state index contributed by atoms with van der Waals surface area (Å²) in [4.78, 5) is 5.97. The van der Waals surface area contributed by atoms with E-state index in [4.69, 9.17) is 4.98 Å². The second-order valence-corrected chi connectivity index (χ2v) is 8.29. The molecule has 5 heteroatoms. The summed E-state index contributed by atoms with van der Waals surface area (Å²) < 4.78 is 2.26. The first-order chi connectivity index (χ1) is 10.2. The van der Waals surface area contributed by atoms with Crippen LogP contribution in [0, 0.1) is 11.8 Å². The molecule has 1 aliphatic rings. The molecule has 1 aliphatic carbocycles. The summed E-state index contributed by atoms with van der Waals surface area (Å²) in [6.45, 7) is 6.48. The predicted octanol–water partition coefficient (Wildman–Crippen LogP) is 4.42. The van der Waals surface area contributed by atoms with Crippen LogP contribution in [0.15, 0.2) is 16.6 Å². The van der Waals surface area contributed by atoms with Gasteiger partial charge in [-0.05, 0) is 31.2 Å². The van der Waals surface area contributed by atoms with Crippen molar-refractivity contribution in [3.05, 3.63) is 17.3 Å². The number of nitrogens with zero attached hydrogens (tertiary/aromatic N) is 2. The van der Waals surface area contributed by atoms with Crippen molar-refractivity contribution in [1.29, 1.82) is 0 Å². The molecule has 2 aromatic rings. The lowest BCUT2D eigenvalue weighted by Gasteiger charge is -2.10. The topological polar surface area (TPSA) is 29.3 Å². The Morgan fingerprint density at radius 3 is 3.00 bits per heavy atom. The average molecular weight is 324 g/mol. The summed E-state index contributed by atoms with van der Waals surface area (Å²) >= 11 is 3.70. The van der Waals surface area contributed by atoms with E-state index in [1.165, 1.54) is 42.2 Å². The Kier molecular flexibility index (Phi) is 5.24. The monoisotopic (exact) mass is 323 g/mol. The van der Waals surface area contributed by atoms with Gasteiger partial charge >= 0.3 is 0 Å². The summed E-state index contributed by atoms with van der Waals surface area (Å²) in [5.74, 6) is 2.83. The molecule has 0 radical (unpaired) electrons. The van der Waals surface area contributed by atoms with E-state index in [0.29, 0.717) is 5.92 Å². The SMILES string of the molecule is CC(C)CNCc1c(SCC2CCCC2)nc2sccn12. The Labute approximate surface area is 135 Å². The van der Waals surface area contributed by atoms with Gasteiger partial charge in [0.05, 0.1) is 5.69 Å². The van der Waals surface area contributed by atoms with Crippen molar-refractivity contribution < 1.29 is 0 Å². The first-order valence-corrected chi connectivity index (χ1v) is 9.88. The smallest absolute Gasteiger partial charge is 0.194 e. The predicted molar refractivity (Wildman–Crippen MR) is 92.3 cm³/mol. The van der Waals surface area contributed by atoms with E-state index in [-0.39, 0.29) is 0 Å². The van der Waals surface area contributed by atoms with E-state index < -0.39 is 0 Å². The molecule has 0 saturated heterocycles. The zero-order chi connectivity index (χ0) is 14.7. The van der Waals surface area contributed by atoms with Crippen molar-refractivity contribution in [2.24, 2.45) is 11.8 Å². The lowest BCUT2D eigenvalue weighted by molar-refractivity contribution is 0.544. The number of imidazole rings is 1. The summed E-state index contributed by atoms with van der Waals surface area (Å²) in [5.41, 5.74) is 1.34. The van der Waals surface area contributed by atoms with Crippen LogP contribution in [-0.2, 0) is 6.54 Å². The van der Waals surface area contributed by atoms with Gasteiger partial charge in [0.1, 0.15) is 5.03 Å². The molecule has 1 fully saturated rings. The number of thioether (sulfide) groups is 1. The van der Waals surface area contributed by atoms with Crippen LogP contribution in [0.3, 0.4) is 0 Å². The van der Waals surface area contributed by atoms with Crippen LogP contribution in [-0.4, -0.2) is 21.7 Å². The number of hydrogen-bond donors (Lipinski definition) is 1. The van der Waals surface area contributed by atoms with E-state index in [0.717, 1.165) is 24.0 Å². The normalized spacial score (nSPS) is 16.5. The van der Waals surface area contributed by atoms with Crippen molar-refractivity contribution in [3.8, 4) is 0 Å². The Bertz CT molecular complexity index is 567. The lowest BCUT2D eigenvalue weighted by Crippen LogP contribution is -2.20. The highest BCUT2D eigenvalue weighted by molar-refractivity contribution is 7.99.